The first kappa shape index (κ1) is 20.6. The molecule has 4 nitrogen and oxygen atoms in total. The van der Waals surface area contributed by atoms with Crippen molar-refractivity contribution in [3.63, 3.8) is 0 Å². The van der Waals surface area contributed by atoms with E-state index in [-0.39, 0.29) is 12.4 Å². The molecule has 0 spiro atoms. The molecule has 0 fully saturated rings. The summed E-state index contributed by atoms with van der Waals surface area (Å²) in [6.07, 6.45) is 3.07. The molecule has 31 heavy (non-hydrogen) atoms. The number of benzene rings is 3. The molecule has 2 atom stereocenters. The van der Waals surface area contributed by atoms with E-state index in [1.807, 2.05) is 103 Å². The summed E-state index contributed by atoms with van der Waals surface area (Å²) in [4.78, 5) is 25.8. The number of carbonyl (C=O) groups excluding carboxylic acids is 2. The van der Waals surface area contributed by atoms with E-state index < -0.39 is 11.3 Å². The maximum Gasteiger partial charge on any atom is 0.321 e. The van der Waals surface area contributed by atoms with E-state index in [0.717, 1.165) is 33.9 Å². The van der Waals surface area contributed by atoms with Gasteiger partial charge in [0, 0.05) is 36.5 Å². The summed E-state index contributed by atoms with van der Waals surface area (Å²) in [7, 11) is 3.38. The second-order valence-corrected chi connectivity index (χ2v) is 7.70. The van der Waals surface area contributed by atoms with Gasteiger partial charge in [0.05, 0.1) is 7.11 Å². The van der Waals surface area contributed by atoms with Gasteiger partial charge in [-0.3, -0.25) is 4.79 Å². The maximum atomic E-state index is 13.8. The molecule has 4 aromatic rings. The first-order chi connectivity index (χ1) is 15.1. The van der Waals surface area contributed by atoms with Crippen LogP contribution < -0.4 is 0 Å². The predicted octanol–water partition coefficient (Wildman–Crippen LogP) is 5.01. The highest BCUT2D eigenvalue weighted by Gasteiger charge is 2.51. The van der Waals surface area contributed by atoms with Gasteiger partial charge in [-0.15, -0.1) is 0 Å². The van der Waals surface area contributed by atoms with Gasteiger partial charge < -0.3 is 14.1 Å². The lowest BCUT2D eigenvalue weighted by Gasteiger charge is -2.38. The van der Waals surface area contributed by atoms with E-state index in [2.05, 4.69) is 0 Å². The van der Waals surface area contributed by atoms with Gasteiger partial charge >= 0.3 is 5.97 Å². The quantitative estimate of drug-likeness (QED) is 0.317. The Morgan fingerprint density at radius 2 is 1.58 bits per heavy atom. The number of aromatic nitrogens is 1. The van der Waals surface area contributed by atoms with E-state index in [0.29, 0.717) is 0 Å². The minimum atomic E-state index is -1.20. The maximum absolute atomic E-state index is 13.8. The fourth-order valence-electron chi connectivity index (χ4n) is 4.78. The monoisotopic (exact) mass is 411 g/mol. The minimum Gasteiger partial charge on any atom is -0.468 e. The van der Waals surface area contributed by atoms with E-state index in [9.17, 15) is 9.59 Å². The number of hydrogen-bond acceptors (Lipinski definition) is 3. The van der Waals surface area contributed by atoms with Crippen molar-refractivity contribution in [1.29, 1.82) is 0 Å². The summed E-state index contributed by atoms with van der Waals surface area (Å²) in [5.41, 5.74) is 2.36. The molecule has 0 aliphatic carbocycles. The zero-order valence-electron chi connectivity index (χ0n) is 17.7. The Morgan fingerprint density at radius 1 is 0.968 bits per heavy atom. The third-order valence-electron chi connectivity index (χ3n) is 6.11. The lowest BCUT2D eigenvalue weighted by atomic mass is 9.62. The third-order valence-corrected chi connectivity index (χ3v) is 6.11. The van der Waals surface area contributed by atoms with E-state index in [1.165, 1.54) is 7.11 Å². The summed E-state index contributed by atoms with van der Waals surface area (Å²) in [5, 5.41) is 0.964. The van der Waals surface area contributed by atoms with Crippen LogP contribution in [0, 0.1) is 0 Å². The molecule has 0 amide bonds. The van der Waals surface area contributed by atoms with Crippen molar-refractivity contribution in [1.82, 2.24) is 4.57 Å². The summed E-state index contributed by atoms with van der Waals surface area (Å²) in [6, 6.07) is 27.4. The molecule has 0 saturated heterocycles. The van der Waals surface area contributed by atoms with Crippen LogP contribution in [0.25, 0.3) is 10.9 Å². The van der Waals surface area contributed by atoms with Crippen LogP contribution >= 0.6 is 0 Å². The normalized spacial score (nSPS) is 14.0. The van der Waals surface area contributed by atoms with Crippen LogP contribution in [-0.4, -0.2) is 23.9 Å². The number of nitrogens with zero attached hydrogens (tertiary/aromatic N) is 1. The van der Waals surface area contributed by atoms with Gasteiger partial charge in [-0.25, -0.2) is 0 Å². The number of aldehydes is 1. The van der Waals surface area contributed by atoms with Crippen LogP contribution in [0.2, 0.25) is 0 Å². The molecule has 4 heteroatoms. The van der Waals surface area contributed by atoms with Crippen molar-refractivity contribution in [2.75, 3.05) is 7.11 Å². The zero-order chi connectivity index (χ0) is 21.8. The summed E-state index contributed by atoms with van der Waals surface area (Å²) < 4.78 is 7.49. The number of methoxy groups -OCH3 is 1. The molecule has 0 aliphatic heterocycles. The number of para-hydroxylation sites is 1. The van der Waals surface area contributed by atoms with Crippen molar-refractivity contribution in [3.8, 4) is 0 Å². The summed E-state index contributed by atoms with van der Waals surface area (Å²) in [5.74, 6) is -0.822. The molecule has 156 valence electrons. The van der Waals surface area contributed by atoms with Gasteiger partial charge in [0.15, 0.2) is 0 Å². The molecular formula is C27H25NO3. The Labute approximate surface area is 182 Å². The Balaban J connectivity index is 2.16. The Bertz CT molecular complexity index is 1200. The van der Waals surface area contributed by atoms with E-state index >= 15 is 0 Å². The van der Waals surface area contributed by atoms with Crippen LogP contribution in [0.3, 0.4) is 0 Å². The molecule has 1 heterocycles. The molecule has 1 aromatic heterocycles. The molecule has 0 N–H and O–H groups in total. The SMILES string of the molecule is COC(=O)[C@](c1ccccc1)(c1cn(C)c2ccccc12)[C@@H](CC=O)c1ccccc1. The summed E-state index contributed by atoms with van der Waals surface area (Å²) in [6.45, 7) is 0. The average Bonchev–Trinajstić information content (AvgIpc) is 3.17. The van der Waals surface area contributed by atoms with E-state index in [1.54, 1.807) is 0 Å². The number of esters is 1. The fraction of sp³-hybridized carbons (Fsp3) is 0.185. The predicted molar refractivity (Wildman–Crippen MR) is 122 cm³/mol. The third kappa shape index (κ3) is 3.34. The number of hydrogen-bond donors (Lipinski definition) is 0. The number of ether oxygens (including phenoxy) is 1. The molecule has 0 radical (unpaired) electrons. The van der Waals surface area contributed by atoms with Crippen LogP contribution in [0.4, 0.5) is 0 Å². The molecule has 0 unspecified atom stereocenters. The van der Waals surface area contributed by atoms with Crippen LogP contribution in [0.15, 0.2) is 91.1 Å². The Hall–Kier alpha value is -3.66. The highest BCUT2D eigenvalue weighted by atomic mass is 16.5. The van der Waals surface area contributed by atoms with E-state index in [4.69, 9.17) is 4.74 Å². The lowest BCUT2D eigenvalue weighted by Crippen LogP contribution is -2.44. The number of fused-ring (bicyclic) bond motifs is 1. The molecule has 4 rings (SSSR count). The average molecular weight is 412 g/mol. The largest absolute Gasteiger partial charge is 0.468 e. The standard InChI is InChI=1S/C27H25NO3/c1-28-19-24(22-15-9-10-16-25(22)28)27(26(30)31-2,21-13-7-4-8-14-21)23(17-18-29)20-11-5-3-6-12-20/h3-16,18-19,23H,17H2,1-2H3/t23-,27-/m0/s1. The van der Waals surface area contributed by atoms with Gasteiger partial charge in [-0.1, -0.05) is 78.9 Å². The second kappa shape index (κ2) is 8.60. The van der Waals surface area contributed by atoms with Crippen LogP contribution in [0.1, 0.15) is 29.0 Å². The first-order valence-electron chi connectivity index (χ1n) is 10.3. The first-order valence-corrected chi connectivity index (χ1v) is 10.3. The van der Waals surface area contributed by atoms with Crippen LogP contribution in [-0.2, 0) is 26.8 Å². The molecular weight excluding hydrogens is 386 g/mol. The van der Waals surface area contributed by atoms with Crippen molar-refractivity contribution >= 4 is 23.2 Å². The molecule has 0 saturated carbocycles. The minimum absolute atomic E-state index is 0.178. The zero-order valence-corrected chi connectivity index (χ0v) is 17.7. The molecule has 0 bridgehead atoms. The number of carbonyl (C=O) groups is 2. The van der Waals surface area contributed by atoms with Crippen molar-refractivity contribution in [2.45, 2.75) is 17.8 Å². The van der Waals surface area contributed by atoms with Gasteiger partial charge in [-0.05, 0) is 22.8 Å². The summed E-state index contributed by atoms with van der Waals surface area (Å²) >= 11 is 0. The number of aryl methyl sites for hydroxylation is 1. The Kier molecular flexibility index (Phi) is 5.72. The molecule has 0 aliphatic rings. The van der Waals surface area contributed by atoms with Gasteiger partial charge in [0.1, 0.15) is 11.7 Å². The Morgan fingerprint density at radius 3 is 2.23 bits per heavy atom. The van der Waals surface area contributed by atoms with Crippen molar-refractivity contribution in [3.05, 3.63) is 108 Å². The fourth-order valence-corrected chi connectivity index (χ4v) is 4.78. The second-order valence-electron chi connectivity index (χ2n) is 7.70. The molecule has 3 aromatic carbocycles. The van der Waals surface area contributed by atoms with Crippen molar-refractivity contribution < 1.29 is 14.3 Å². The van der Waals surface area contributed by atoms with Crippen LogP contribution in [0.5, 0.6) is 0 Å². The lowest BCUT2D eigenvalue weighted by molar-refractivity contribution is -0.146. The van der Waals surface area contributed by atoms with Gasteiger partial charge in [0.2, 0.25) is 0 Å². The van der Waals surface area contributed by atoms with Crippen molar-refractivity contribution in [2.24, 2.45) is 7.05 Å². The highest BCUT2D eigenvalue weighted by molar-refractivity contribution is 5.97. The van der Waals surface area contributed by atoms with Gasteiger partial charge in [0.25, 0.3) is 0 Å². The smallest absolute Gasteiger partial charge is 0.321 e. The number of rotatable bonds is 7. The van der Waals surface area contributed by atoms with Gasteiger partial charge in [-0.2, -0.15) is 0 Å². The topological polar surface area (TPSA) is 48.3 Å². The highest BCUT2D eigenvalue weighted by Crippen LogP contribution is 2.49.